The van der Waals surface area contributed by atoms with E-state index >= 15 is 0 Å². The highest BCUT2D eigenvalue weighted by Gasteiger charge is 2.15. The van der Waals surface area contributed by atoms with Crippen molar-refractivity contribution in [2.24, 2.45) is 0 Å². The first-order valence-electron chi connectivity index (χ1n) is 4.82. The molecular formula is C10H12IN3O. The van der Waals surface area contributed by atoms with Crippen LogP contribution in [0.5, 0.6) is 0 Å². The number of aromatic nitrogens is 2. The molecular weight excluding hydrogens is 305 g/mol. The van der Waals surface area contributed by atoms with Crippen molar-refractivity contribution < 1.29 is 0 Å². The lowest BCUT2D eigenvalue weighted by Crippen LogP contribution is -2.31. The number of nitrogens with zero attached hydrogens (tertiary/aromatic N) is 2. The summed E-state index contributed by atoms with van der Waals surface area (Å²) in [5.74, 6) is 0.795. The number of anilines is 1. The van der Waals surface area contributed by atoms with E-state index in [9.17, 15) is 4.79 Å². The van der Waals surface area contributed by atoms with E-state index in [4.69, 9.17) is 0 Å². The smallest absolute Gasteiger partial charge is 0.266 e. The highest BCUT2D eigenvalue weighted by molar-refractivity contribution is 14.1. The van der Waals surface area contributed by atoms with E-state index in [1.807, 2.05) is 22.6 Å². The van der Waals surface area contributed by atoms with Gasteiger partial charge in [0.25, 0.3) is 5.56 Å². The van der Waals surface area contributed by atoms with Crippen LogP contribution in [0.2, 0.25) is 0 Å². The molecule has 80 valence electrons. The van der Waals surface area contributed by atoms with Crippen LogP contribution < -0.4 is 10.5 Å². The molecule has 0 saturated heterocycles. The van der Waals surface area contributed by atoms with Gasteiger partial charge < -0.3 is 9.88 Å². The number of H-pyrrole nitrogens is 1. The quantitative estimate of drug-likeness (QED) is 0.631. The number of nitrogens with one attached hydrogen (secondary N) is 1. The largest absolute Gasteiger partial charge is 0.351 e. The second-order valence-electron chi connectivity index (χ2n) is 3.62. The standard InChI is InChI=1S/C10H12IN3O/c1-7-2-4-14(5-3-7)9-8(11)10(15)13-6-12-9/h2,6H,3-5H2,1H3,(H,12,13,15). The zero-order chi connectivity index (χ0) is 10.8. The summed E-state index contributed by atoms with van der Waals surface area (Å²) in [5, 5.41) is 0. The minimum Gasteiger partial charge on any atom is -0.351 e. The Morgan fingerprint density at radius 3 is 3.07 bits per heavy atom. The van der Waals surface area contributed by atoms with Gasteiger partial charge >= 0.3 is 0 Å². The molecule has 0 unspecified atom stereocenters. The predicted molar refractivity (Wildman–Crippen MR) is 68.2 cm³/mol. The van der Waals surface area contributed by atoms with Crippen molar-refractivity contribution in [1.29, 1.82) is 0 Å². The Hall–Kier alpha value is -0.850. The third kappa shape index (κ3) is 2.22. The first kappa shape index (κ1) is 10.7. The molecule has 1 aromatic rings. The third-order valence-electron chi connectivity index (χ3n) is 2.51. The molecule has 0 aliphatic carbocycles. The Labute approximate surface area is 102 Å². The molecule has 1 aromatic heterocycles. The van der Waals surface area contributed by atoms with Gasteiger partial charge in [-0.25, -0.2) is 4.98 Å². The summed E-state index contributed by atoms with van der Waals surface area (Å²) in [5.41, 5.74) is 1.35. The zero-order valence-corrected chi connectivity index (χ0v) is 10.6. The van der Waals surface area contributed by atoms with Gasteiger partial charge in [0.2, 0.25) is 0 Å². The number of halogens is 1. The van der Waals surface area contributed by atoms with Gasteiger partial charge in [-0.15, -0.1) is 0 Å². The van der Waals surface area contributed by atoms with Crippen molar-refractivity contribution in [2.75, 3.05) is 18.0 Å². The molecule has 2 heterocycles. The van der Waals surface area contributed by atoms with E-state index in [0.29, 0.717) is 3.57 Å². The van der Waals surface area contributed by atoms with Gasteiger partial charge in [-0.2, -0.15) is 0 Å². The molecule has 0 fully saturated rings. The van der Waals surface area contributed by atoms with E-state index in [-0.39, 0.29) is 5.56 Å². The van der Waals surface area contributed by atoms with Gasteiger partial charge in [-0.05, 0) is 35.9 Å². The maximum atomic E-state index is 11.4. The van der Waals surface area contributed by atoms with Crippen molar-refractivity contribution in [1.82, 2.24) is 9.97 Å². The van der Waals surface area contributed by atoms with Crippen LogP contribution in [0.15, 0.2) is 22.8 Å². The zero-order valence-electron chi connectivity index (χ0n) is 8.46. The minimum absolute atomic E-state index is 0.0631. The molecule has 5 heteroatoms. The number of hydrogen-bond donors (Lipinski definition) is 1. The summed E-state index contributed by atoms with van der Waals surface area (Å²) in [6.45, 7) is 3.92. The summed E-state index contributed by atoms with van der Waals surface area (Å²) in [4.78, 5) is 20.3. The van der Waals surface area contributed by atoms with Crippen LogP contribution in [0.3, 0.4) is 0 Å². The van der Waals surface area contributed by atoms with Crippen molar-refractivity contribution in [3.05, 3.63) is 31.9 Å². The van der Waals surface area contributed by atoms with Gasteiger partial charge in [0.05, 0.1) is 6.33 Å². The summed E-state index contributed by atoms with van der Waals surface area (Å²) < 4.78 is 0.669. The van der Waals surface area contributed by atoms with Gasteiger partial charge in [-0.1, -0.05) is 11.6 Å². The van der Waals surface area contributed by atoms with E-state index < -0.39 is 0 Å². The van der Waals surface area contributed by atoms with Gasteiger partial charge in [0.1, 0.15) is 9.39 Å². The highest BCUT2D eigenvalue weighted by atomic mass is 127. The Morgan fingerprint density at radius 1 is 1.60 bits per heavy atom. The van der Waals surface area contributed by atoms with Crippen molar-refractivity contribution in [2.45, 2.75) is 13.3 Å². The monoisotopic (exact) mass is 317 g/mol. The van der Waals surface area contributed by atoms with E-state index in [2.05, 4.69) is 27.9 Å². The van der Waals surface area contributed by atoms with Crippen molar-refractivity contribution >= 4 is 28.4 Å². The predicted octanol–water partition coefficient (Wildman–Crippen LogP) is 1.53. The molecule has 0 spiro atoms. The second-order valence-corrected chi connectivity index (χ2v) is 4.69. The van der Waals surface area contributed by atoms with Crippen LogP contribution in [-0.2, 0) is 0 Å². The fraction of sp³-hybridized carbons (Fsp3) is 0.400. The third-order valence-corrected chi connectivity index (χ3v) is 3.49. The first-order chi connectivity index (χ1) is 7.18. The molecule has 2 rings (SSSR count). The summed E-state index contributed by atoms with van der Waals surface area (Å²) >= 11 is 2.04. The molecule has 1 aliphatic rings. The normalized spacial score (nSPS) is 16.4. The van der Waals surface area contributed by atoms with E-state index in [0.717, 1.165) is 25.3 Å². The fourth-order valence-corrected chi connectivity index (χ4v) is 2.19. The maximum Gasteiger partial charge on any atom is 0.266 e. The molecule has 0 radical (unpaired) electrons. The first-order valence-corrected chi connectivity index (χ1v) is 5.90. The van der Waals surface area contributed by atoms with Crippen LogP contribution in [0.1, 0.15) is 13.3 Å². The molecule has 4 nitrogen and oxygen atoms in total. The Kier molecular flexibility index (Phi) is 3.08. The number of hydrogen-bond acceptors (Lipinski definition) is 3. The van der Waals surface area contributed by atoms with Crippen LogP contribution in [-0.4, -0.2) is 23.1 Å². The Bertz CT molecular complexity index is 452. The fourth-order valence-electron chi connectivity index (χ4n) is 1.56. The maximum absolute atomic E-state index is 11.4. The minimum atomic E-state index is -0.0631. The van der Waals surface area contributed by atoms with Crippen LogP contribution >= 0.6 is 22.6 Å². The van der Waals surface area contributed by atoms with E-state index in [1.165, 1.54) is 11.9 Å². The molecule has 1 N–H and O–H groups in total. The molecule has 0 aromatic carbocycles. The number of rotatable bonds is 1. The Morgan fingerprint density at radius 2 is 2.40 bits per heavy atom. The van der Waals surface area contributed by atoms with E-state index in [1.54, 1.807) is 0 Å². The lowest BCUT2D eigenvalue weighted by atomic mass is 10.1. The second kappa shape index (κ2) is 4.34. The summed E-state index contributed by atoms with van der Waals surface area (Å²) in [7, 11) is 0. The van der Waals surface area contributed by atoms with Crippen LogP contribution in [0, 0.1) is 3.57 Å². The van der Waals surface area contributed by atoms with Gasteiger partial charge in [0, 0.05) is 13.1 Å². The van der Waals surface area contributed by atoms with Crippen molar-refractivity contribution in [3.63, 3.8) is 0 Å². The van der Waals surface area contributed by atoms with Crippen LogP contribution in [0.4, 0.5) is 5.82 Å². The lowest BCUT2D eigenvalue weighted by molar-refractivity contribution is 0.769. The SMILES string of the molecule is CC1=CCN(c2nc[nH]c(=O)c2I)CC1. The average Bonchev–Trinajstić information content (AvgIpc) is 2.24. The highest BCUT2D eigenvalue weighted by Crippen LogP contribution is 2.19. The molecule has 0 saturated carbocycles. The average molecular weight is 317 g/mol. The topological polar surface area (TPSA) is 49.0 Å². The van der Waals surface area contributed by atoms with Crippen molar-refractivity contribution in [3.8, 4) is 0 Å². The summed E-state index contributed by atoms with van der Waals surface area (Å²) in [6, 6.07) is 0. The molecule has 15 heavy (non-hydrogen) atoms. The molecule has 0 atom stereocenters. The molecule has 0 bridgehead atoms. The number of aromatic amines is 1. The van der Waals surface area contributed by atoms with Gasteiger partial charge in [-0.3, -0.25) is 4.79 Å². The molecule has 1 aliphatic heterocycles. The van der Waals surface area contributed by atoms with Gasteiger partial charge in [0.15, 0.2) is 0 Å². The van der Waals surface area contributed by atoms with Crippen LogP contribution in [0.25, 0.3) is 0 Å². The lowest BCUT2D eigenvalue weighted by Gasteiger charge is -2.26. The Balaban J connectivity index is 2.31. The summed E-state index contributed by atoms with van der Waals surface area (Å²) in [6.07, 6.45) is 4.69. The molecule has 0 amide bonds.